The molecule has 0 aliphatic carbocycles. The molecule has 0 radical (unpaired) electrons. The second kappa shape index (κ2) is 6.94. The number of H-pyrrole nitrogens is 1. The third-order valence-electron chi connectivity index (χ3n) is 4.54. The first kappa shape index (κ1) is 15.7. The minimum atomic E-state index is 0.0249. The number of carbonyl (C=O) groups excluding carboxylic acids is 1. The monoisotopic (exact) mass is 312 g/mol. The zero-order chi connectivity index (χ0) is 16.2. The summed E-state index contributed by atoms with van der Waals surface area (Å²) in [5.41, 5.74) is 2.69. The van der Waals surface area contributed by atoms with Gasteiger partial charge in [0, 0.05) is 24.6 Å². The predicted octanol–water partition coefficient (Wildman–Crippen LogP) is 3.69. The highest BCUT2D eigenvalue weighted by Gasteiger charge is 2.29. The molecule has 1 amide bonds. The third kappa shape index (κ3) is 3.44. The van der Waals surface area contributed by atoms with Crippen molar-refractivity contribution in [3.05, 3.63) is 47.5 Å². The molecular formula is C18H24N4O. The van der Waals surface area contributed by atoms with Crippen LogP contribution in [0.1, 0.15) is 73.2 Å². The van der Waals surface area contributed by atoms with E-state index in [4.69, 9.17) is 0 Å². The van der Waals surface area contributed by atoms with E-state index in [9.17, 15) is 4.79 Å². The average Bonchev–Trinajstić information content (AvgIpc) is 2.94. The maximum absolute atomic E-state index is 13.0. The Labute approximate surface area is 137 Å². The van der Waals surface area contributed by atoms with E-state index in [1.807, 2.05) is 23.1 Å². The largest absolute Gasteiger partial charge is 0.330 e. The molecule has 0 saturated carbocycles. The van der Waals surface area contributed by atoms with Crippen molar-refractivity contribution in [1.29, 1.82) is 0 Å². The van der Waals surface area contributed by atoms with Crippen molar-refractivity contribution in [2.24, 2.45) is 0 Å². The van der Waals surface area contributed by atoms with Crippen LogP contribution in [0.2, 0.25) is 0 Å². The van der Waals surface area contributed by atoms with Crippen LogP contribution >= 0.6 is 0 Å². The Morgan fingerprint density at radius 2 is 2.04 bits per heavy atom. The standard InChI is InChI=1S/C18H24N4O/c1-13(2)15-12-16(21-20-15)18(23)22-11-5-3-4-6-17(22)14-7-9-19-10-8-14/h7-10,12-13,17H,3-6,11H2,1-2H3,(H,20,21)/t17-/m1/s1. The smallest absolute Gasteiger partial charge is 0.274 e. The number of carbonyl (C=O) groups is 1. The molecular weight excluding hydrogens is 288 g/mol. The maximum Gasteiger partial charge on any atom is 0.274 e. The van der Waals surface area contributed by atoms with Gasteiger partial charge < -0.3 is 4.90 Å². The van der Waals surface area contributed by atoms with Gasteiger partial charge in [-0.1, -0.05) is 26.7 Å². The summed E-state index contributed by atoms with van der Waals surface area (Å²) in [6.45, 7) is 4.97. The number of hydrogen-bond acceptors (Lipinski definition) is 3. The Bertz CT molecular complexity index is 650. The number of hydrogen-bond donors (Lipinski definition) is 1. The van der Waals surface area contributed by atoms with Gasteiger partial charge in [-0.3, -0.25) is 14.9 Å². The summed E-state index contributed by atoms with van der Waals surface area (Å²) in [7, 11) is 0. The van der Waals surface area contributed by atoms with E-state index in [1.165, 1.54) is 6.42 Å². The molecule has 5 heteroatoms. The number of aromatic amines is 1. The Morgan fingerprint density at radius 1 is 1.26 bits per heavy atom. The van der Waals surface area contributed by atoms with Crippen molar-refractivity contribution in [2.45, 2.75) is 51.5 Å². The molecule has 1 aliphatic heterocycles. The van der Waals surface area contributed by atoms with E-state index in [0.29, 0.717) is 11.6 Å². The maximum atomic E-state index is 13.0. The van der Waals surface area contributed by atoms with Gasteiger partial charge in [-0.05, 0) is 42.5 Å². The topological polar surface area (TPSA) is 61.9 Å². The molecule has 3 rings (SSSR count). The van der Waals surface area contributed by atoms with Gasteiger partial charge in [-0.15, -0.1) is 0 Å². The SMILES string of the molecule is CC(C)c1cc(C(=O)N2CCCCC[C@@H]2c2ccncc2)n[nH]1. The molecule has 0 bridgehead atoms. The summed E-state index contributed by atoms with van der Waals surface area (Å²) >= 11 is 0. The lowest BCUT2D eigenvalue weighted by Crippen LogP contribution is -2.35. The minimum absolute atomic E-state index is 0.0249. The predicted molar refractivity (Wildman–Crippen MR) is 89.2 cm³/mol. The van der Waals surface area contributed by atoms with Crippen LogP contribution in [0, 0.1) is 0 Å². The summed E-state index contributed by atoms with van der Waals surface area (Å²) in [6.07, 6.45) is 7.96. The van der Waals surface area contributed by atoms with E-state index in [1.54, 1.807) is 12.4 Å². The molecule has 2 aromatic heterocycles. The number of pyridine rings is 1. The summed E-state index contributed by atoms with van der Waals surface area (Å²) in [4.78, 5) is 19.1. The molecule has 3 heterocycles. The van der Waals surface area contributed by atoms with E-state index < -0.39 is 0 Å². The first-order valence-corrected chi connectivity index (χ1v) is 8.43. The fraction of sp³-hybridized carbons (Fsp3) is 0.500. The van der Waals surface area contributed by atoms with Crippen molar-refractivity contribution >= 4 is 5.91 Å². The van der Waals surface area contributed by atoms with E-state index >= 15 is 0 Å². The van der Waals surface area contributed by atoms with Gasteiger partial charge in [-0.25, -0.2) is 0 Å². The van der Waals surface area contributed by atoms with Gasteiger partial charge in [0.25, 0.3) is 5.91 Å². The summed E-state index contributed by atoms with van der Waals surface area (Å²) in [6, 6.07) is 6.04. The Morgan fingerprint density at radius 3 is 2.74 bits per heavy atom. The molecule has 5 nitrogen and oxygen atoms in total. The Kier molecular flexibility index (Phi) is 4.74. The van der Waals surface area contributed by atoms with E-state index in [0.717, 1.165) is 37.1 Å². The average molecular weight is 312 g/mol. The van der Waals surface area contributed by atoms with Crippen LogP contribution in [0.25, 0.3) is 0 Å². The molecule has 1 fully saturated rings. The number of rotatable bonds is 3. The number of nitrogens with zero attached hydrogens (tertiary/aromatic N) is 3. The lowest BCUT2D eigenvalue weighted by atomic mass is 10.0. The lowest BCUT2D eigenvalue weighted by Gasteiger charge is -2.29. The number of likely N-dealkylation sites (tertiary alicyclic amines) is 1. The van der Waals surface area contributed by atoms with Crippen molar-refractivity contribution in [3.8, 4) is 0 Å². The third-order valence-corrected chi connectivity index (χ3v) is 4.54. The molecule has 1 N–H and O–H groups in total. The molecule has 23 heavy (non-hydrogen) atoms. The summed E-state index contributed by atoms with van der Waals surface area (Å²) in [5, 5.41) is 7.23. The summed E-state index contributed by atoms with van der Waals surface area (Å²) < 4.78 is 0. The number of nitrogens with one attached hydrogen (secondary N) is 1. The lowest BCUT2D eigenvalue weighted by molar-refractivity contribution is 0.0674. The molecule has 0 unspecified atom stereocenters. The zero-order valence-corrected chi connectivity index (χ0v) is 13.8. The fourth-order valence-electron chi connectivity index (χ4n) is 3.17. The van der Waals surface area contributed by atoms with Crippen LogP contribution in [0.5, 0.6) is 0 Å². The highest BCUT2D eigenvalue weighted by Crippen LogP contribution is 2.31. The van der Waals surface area contributed by atoms with Crippen LogP contribution in [0.4, 0.5) is 0 Å². The molecule has 2 aromatic rings. The highest BCUT2D eigenvalue weighted by atomic mass is 16.2. The van der Waals surface area contributed by atoms with Gasteiger partial charge in [0.15, 0.2) is 0 Å². The van der Waals surface area contributed by atoms with Crippen molar-refractivity contribution in [3.63, 3.8) is 0 Å². The normalized spacial score (nSPS) is 18.9. The Hall–Kier alpha value is -2.17. The minimum Gasteiger partial charge on any atom is -0.330 e. The van der Waals surface area contributed by atoms with Gasteiger partial charge in [0.05, 0.1) is 6.04 Å². The van der Waals surface area contributed by atoms with Crippen molar-refractivity contribution in [1.82, 2.24) is 20.1 Å². The van der Waals surface area contributed by atoms with Crippen LogP contribution in [-0.2, 0) is 0 Å². The fourth-order valence-corrected chi connectivity index (χ4v) is 3.17. The first-order chi connectivity index (χ1) is 11.2. The molecule has 0 spiro atoms. The Balaban J connectivity index is 1.88. The van der Waals surface area contributed by atoms with Gasteiger partial charge in [0.2, 0.25) is 0 Å². The molecule has 1 aliphatic rings. The second-order valence-electron chi connectivity index (χ2n) is 6.51. The highest BCUT2D eigenvalue weighted by molar-refractivity contribution is 5.92. The van der Waals surface area contributed by atoms with Crippen LogP contribution < -0.4 is 0 Å². The van der Waals surface area contributed by atoms with Crippen LogP contribution in [0.3, 0.4) is 0 Å². The first-order valence-electron chi connectivity index (χ1n) is 8.43. The van der Waals surface area contributed by atoms with Crippen LogP contribution in [-0.4, -0.2) is 32.5 Å². The molecule has 1 atom stereocenters. The molecule has 122 valence electrons. The second-order valence-corrected chi connectivity index (χ2v) is 6.51. The summed E-state index contributed by atoms with van der Waals surface area (Å²) in [5.74, 6) is 0.362. The van der Waals surface area contributed by atoms with Gasteiger partial charge in [-0.2, -0.15) is 5.10 Å². The van der Waals surface area contributed by atoms with Crippen molar-refractivity contribution in [2.75, 3.05) is 6.54 Å². The van der Waals surface area contributed by atoms with E-state index in [2.05, 4.69) is 29.0 Å². The van der Waals surface area contributed by atoms with E-state index in [-0.39, 0.29) is 11.9 Å². The number of amides is 1. The molecule has 0 aromatic carbocycles. The molecule has 1 saturated heterocycles. The zero-order valence-electron chi connectivity index (χ0n) is 13.8. The van der Waals surface area contributed by atoms with Gasteiger partial charge >= 0.3 is 0 Å². The number of aromatic nitrogens is 3. The van der Waals surface area contributed by atoms with Gasteiger partial charge in [0.1, 0.15) is 5.69 Å². The van der Waals surface area contributed by atoms with Crippen molar-refractivity contribution < 1.29 is 4.79 Å². The van der Waals surface area contributed by atoms with Crippen LogP contribution in [0.15, 0.2) is 30.6 Å². The quantitative estimate of drug-likeness (QED) is 0.940.